The molecule has 4 aromatic rings. The van der Waals surface area contributed by atoms with Gasteiger partial charge in [-0.25, -0.2) is 4.79 Å². The summed E-state index contributed by atoms with van der Waals surface area (Å²) in [5, 5.41) is 1.09. The Bertz CT molecular complexity index is 1270. The van der Waals surface area contributed by atoms with Crippen LogP contribution in [-0.2, 0) is 10.3 Å². The van der Waals surface area contributed by atoms with Crippen molar-refractivity contribution in [3.05, 3.63) is 93.9 Å². The number of thiophene rings is 1. The lowest BCUT2D eigenvalue weighted by Crippen LogP contribution is -2.30. The molecule has 1 aliphatic heterocycles. The van der Waals surface area contributed by atoms with E-state index in [-0.39, 0.29) is 5.97 Å². The van der Waals surface area contributed by atoms with Gasteiger partial charge in [-0.05, 0) is 37.3 Å². The smallest absolute Gasteiger partial charge is 0.350 e. The largest absolute Gasteiger partial charge is 0.440 e. The van der Waals surface area contributed by atoms with Crippen molar-refractivity contribution < 1.29 is 9.53 Å². The van der Waals surface area contributed by atoms with E-state index in [1.54, 1.807) is 0 Å². The lowest BCUT2D eigenvalue weighted by atomic mass is 9.80. The Balaban J connectivity index is 1.82. The summed E-state index contributed by atoms with van der Waals surface area (Å²) in [6.07, 6.45) is 0. The minimum Gasteiger partial charge on any atom is -0.440 e. The fourth-order valence-corrected chi connectivity index (χ4v) is 5.61. The maximum Gasteiger partial charge on any atom is 0.350 e. The molecule has 0 bridgehead atoms. The van der Waals surface area contributed by atoms with Crippen molar-refractivity contribution in [1.82, 2.24) is 0 Å². The summed E-state index contributed by atoms with van der Waals surface area (Å²) in [6.45, 7) is 2.08. The number of hydrogen-bond donors (Lipinski definition) is 0. The van der Waals surface area contributed by atoms with E-state index in [0.29, 0.717) is 4.88 Å². The van der Waals surface area contributed by atoms with Crippen LogP contribution in [-0.4, -0.2) is 34.2 Å². The van der Waals surface area contributed by atoms with Gasteiger partial charge in [0, 0.05) is 66.3 Å². The van der Waals surface area contributed by atoms with Gasteiger partial charge in [0.15, 0.2) is 5.60 Å². The number of carbonyl (C=O) groups excluding carboxylic acids is 1. The van der Waals surface area contributed by atoms with Gasteiger partial charge in [0.1, 0.15) is 4.88 Å². The van der Waals surface area contributed by atoms with E-state index < -0.39 is 5.60 Å². The molecule has 162 valence electrons. The first-order chi connectivity index (χ1) is 15.3. The van der Waals surface area contributed by atoms with Crippen LogP contribution in [0.5, 0.6) is 0 Å². The van der Waals surface area contributed by atoms with E-state index in [9.17, 15) is 4.79 Å². The molecule has 0 spiro atoms. The summed E-state index contributed by atoms with van der Waals surface area (Å²) in [4.78, 5) is 18.0. The highest BCUT2D eigenvalue weighted by molar-refractivity contribution is 7.21. The number of fused-ring (bicyclic) bond motifs is 3. The first kappa shape index (κ1) is 20.6. The van der Waals surface area contributed by atoms with E-state index in [4.69, 9.17) is 4.74 Å². The molecule has 0 N–H and O–H groups in total. The summed E-state index contributed by atoms with van der Waals surface area (Å²) < 4.78 is 7.43. The molecular weight excluding hydrogens is 416 g/mol. The molecule has 1 aromatic heterocycles. The van der Waals surface area contributed by atoms with Crippen LogP contribution >= 0.6 is 11.3 Å². The van der Waals surface area contributed by atoms with Gasteiger partial charge in [-0.15, -0.1) is 11.3 Å². The van der Waals surface area contributed by atoms with Crippen molar-refractivity contribution in [2.75, 3.05) is 38.0 Å². The lowest BCUT2D eigenvalue weighted by molar-refractivity contribution is 0.0256. The van der Waals surface area contributed by atoms with E-state index in [1.165, 1.54) is 11.3 Å². The quantitative estimate of drug-likeness (QED) is 0.374. The molecule has 5 rings (SSSR count). The summed E-state index contributed by atoms with van der Waals surface area (Å²) >= 11 is 1.52. The van der Waals surface area contributed by atoms with Crippen LogP contribution in [0.3, 0.4) is 0 Å². The molecule has 0 amide bonds. The lowest BCUT2D eigenvalue weighted by Gasteiger charge is -2.31. The molecule has 0 aliphatic carbocycles. The minimum absolute atomic E-state index is 0.257. The third-order valence-electron chi connectivity index (χ3n) is 6.21. The zero-order chi connectivity index (χ0) is 22.6. The highest BCUT2D eigenvalue weighted by Crippen LogP contribution is 2.53. The molecule has 0 saturated heterocycles. The number of aryl methyl sites for hydroxylation is 1. The van der Waals surface area contributed by atoms with E-state index in [1.807, 2.05) is 28.2 Å². The van der Waals surface area contributed by atoms with Crippen LogP contribution in [0.25, 0.3) is 10.1 Å². The maximum atomic E-state index is 13.2. The Labute approximate surface area is 192 Å². The fraction of sp³-hybridized carbons (Fsp3) is 0.222. The monoisotopic (exact) mass is 442 g/mol. The Morgan fingerprint density at radius 2 is 1.31 bits per heavy atom. The molecule has 0 unspecified atom stereocenters. The van der Waals surface area contributed by atoms with Crippen molar-refractivity contribution in [3.63, 3.8) is 0 Å². The van der Waals surface area contributed by atoms with Crippen LogP contribution in [0.15, 0.2) is 66.7 Å². The van der Waals surface area contributed by atoms with E-state index in [0.717, 1.165) is 43.7 Å². The zero-order valence-electron chi connectivity index (χ0n) is 19.0. The average Bonchev–Trinajstić information content (AvgIpc) is 3.30. The summed E-state index contributed by atoms with van der Waals surface area (Å²) in [5.74, 6) is -0.257. The Hall–Kier alpha value is -3.31. The summed E-state index contributed by atoms with van der Waals surface area (Å²) in [7, 11) is 8.09. The van der Waals surface area contributed by atoms with Crippen LogP contribution < -0.4 is 9.80 Å². The van der Waals surface area contributed by atoms with Gasteiger partial charge in [-0.2, -0.15) is 0 Å². The minimum atomic E-state index is -0.978. The molecule has 0 radical (unpaired) electrons. The molecule has 0 saturated carbocycles. The molecule has 0 atom stereocenters. The number of hydrogen-bond acceptors (Lipinski definition) is 5. The van der Waals surface area contributed by atoms with Crippen LogP contribution in [0.1, 0.15) is 31.9 Å². The Kier molecular flexibility index (Phi) is 4.75. The second kappa shape index (κ2) is 7.38. The fourth-order valence-electron chi connectivity index (χ4n) is 4.50. The van der Waals surface area contributed by atoms with Gasteiger partial charge in [-0.1, -0.05) is 42.0 Å². The zero-order valence-corrected chi connectivity index (χ0v) is 19.8. The number of anilines is 2. The van der Waals surface area contributed by atoms with Gasteiger partial charge in [-0.3, -0.25) is 0 Å². The molecule has 32 heavy (non-hydrogen) atoms. The first-order valence-electron chi connectivity index (χ1n) is 10.6. The third-order valence-corrected chi connectivity index (χ3v) is 7.36. The van der Waals surface area contributed by atoms with Crippen molar-refractivity contribution in [3.8, 4) is 0 Å². The number of benzene rings is 3. The predicted molar refractivity (Wildman–Crippen MR) is 133 cm³/mol. The molecule has 1 aliphatic rings. The number of esters is 1. The number of cyclic esters (lactones) is 1. The van der Waals surface area contributed by atoms with Crippen LogP contribution in [0, 0.1) is 6.92 Å². The van der Waals surface area contributed by atoms with Crippen molar-refractivity contribution in [2.24, 2.45) is 0 Å². The van der Waals surface area contributed by atoms with Crippen molar-refractivity contribution >= 4 is 38.8 Å². The van der Waals surface area contributed by atoms with Crippen molar-refractivity contribution in [1.29, 1.82) is 0 Å². The molecule has 2 heterocycles. The highest BCUT2D eigenvalue weighted by atomic mass is 32.1. The Morgan fingerprint density at radius 3 is 1.81 bits per heavy atom. The SMILES string of the molecule is Cc1ccc2sc3c(c2c1)C(c1ccc(N(C)C)cc1)(c1ccc(N(C)C)cc1)OC3=O. The van der Waals surface area contributed by atoms with Crippen LogP contribution in [0.4, 0.5) is 11.4 Å². The van der Waals surface area contributed by atoms with E-state index >= 15 is 0 Å². The van der Waals surface area contributed by atoms with Crippen LogP contribution in [0.2, 0.25) is 0 Å². The number of nitrogens with zero attached hydrogens (tertiary/aromatic N) is 2. The van der Waals surface area contributed by atoms with Gasteiger partial charge in [0.25, 0.3) is 0 Å². The summed E-state index contributed by atoms with van der Waals surface area (Å²) in [6, 6.07) is 23.0. The normalized spacial score (nSPS) is 14.3. The molecule has 3 aromatic carbocycles. The first-order valence-corrected chi connectivity index (χ1v) is 11.5. The standard InChI is InChI=1S/C27H26N2O2S/c1-17-6-15-23-22(16-17)24-25(32-23)26(30)31-27(24,18-7-11-20(12-8-18)28(2)3)19-9-13-21(14-10-19)29(4)5/h6-16H,1-5H3. The highest BCUT2D eigenvalue weighted by Gasteiger charge is 2.51. The predicted octanol–water partition coefficient (Wildman–Crippen LogP) is 5.80. The van der Waals surface area contributed by atoms with E-state index in [2.05, 4.69) is 83.5 Å². The molecular formula is C27H26N2O2S. The van der Waals surface area contributed by atoms with Crippen molar-refractivity contribution in [2.45, 2.75) is 12.5 Å². The van der Waals surface area contributed by atoms with Gasteiger partial charge in [0.05, 0.1) is 0 Å². The van der Waals surface area contributed by atoms with Gasteiger partial charge in [0.2, 0.25) is 0 Å². The molecule has 5 heteroatoms. The molecule has 0 fully saturated rings. The number of carbonyl (C=O) groups is 1. The second-order valence-corrected chi connectivity index (χ2v) is 9.81. The third kappa shape index (κ3) is 3.00. The van der Waals surface area contributed by atoms with Gasteiger partial charge < -0.3 is 14.5 Å². The maximum absolute atomic E-state index is 13.2. The average molecular weight is 443 g/mol. The number of rotatable bonds is 4. The Morgan fingerprint density at radius 1 is 0.781 bits per heavy atom. The van der Waals surface area contributed by atoms with Gasteiger partial charge >= 0.3 is 5.97 Å². The molecule has 4 nitrogen and oxygen atoms in total. The second-order valence-electron chi connectivity index (χ2n) is 8.76. The topological polar surface area (TPSA) is 32.8 Å². The summed E-state index contributed by atoms with van der Waals surface area (Å²) in [5.41, 5.74) is 5.25. The number of ether oxygens (including phenoxy) is 1.